The number of rotatable bonds is 5. The molecule has 0 aromatic carbocycles. The maximum absolute atomic E-state index is 12.4. The van der Waals surface area contributed by atoms with E-state index in [1.807, 2.05) is 6.92 Å². The Balaban J connectivity index is 1.91. The van der Waals surface area contributed by atoms with E-state index >= 15 is 0 Å². The van der Waals surface area contributed by atoms with E-state index in [2.05, 4.69) is 10.2 Å². The fourth-order valence-corrected chi connectivity index (χ4v) is 3.57. The molecule has 21 heavy (non-hydrogen) atoms. The van der Waals surface area contributed by atoms with Crippen LogP contribution in [-0.2, 0) is 14.3 Å². The van der Waals surface area contributed by atoms with Crippen LogP contribution in [0.5, 0.6) is 0 Å². The zero-order valence-corrected chi connectivity index (χ0v) is 13.3. The molecule has 120 valence electrons. The third-order valence-corrected chi connectivity index (χ3v) is 4.88. The number of carbonyl (C=O) groups excluding carboxylic acids is 2. The molecule has 1 saturated carbocycles. The largest absolute Gasteiger partial charge is 0.469 e. The van der Waals surface area contributed by atoms with E-state index in [0.717, 1.165) is 38.6 Å². The minimum absolute atomic E-state index is 0.110. The first-order valence-electron chi connectivity index (χ1n) is 8.24. The van der Waals surface area contributed by atoms with Gasteiger partial charge in [-0.25, -0.2) is 0 Å². The molecule has 0 spiro atoms. The molecule has 0 bridgehead atoms. The van der Waals surface area contributed by atoms with Crippen LogP contribution in [0.25, 0.3) is 0 Å². The summed E-state index contributed by atoms with van der Waals surface area (Å²) in [5.74, 6) is -0.0750. The van der Waals surface area contributed by atoms with Crippen molar-refractivity contribution in [3.05, 3.63) is 0 Å². The summed E-state index contributed by atoms with van der Waals surface area (Å²) < 4.78 is 4.78. The minimum Gasteiger partial charge on any atom is -0.469 e. The number of nitrogens with zero attached hydrogens (tertiary/aromatic N) is 1. The van der Waals surface area contributed by atoms with E-state index in [0.29, 0.717) is 12.5 Å². The lowest BCUT2D eigenvalue weighted by Crippen LogP contribution is -2.53. The van der Waals surface area contributed by atoms with Crippen LogP contribution in [0.3, 0.4) is 0 Å². The van der Waals surface area contributed by atoms with Gasteiger partial charge in [0.05, 0.1) is 19.6 Å². The van der Waals surface area contributed by atoms with Crippen molar-refractivity contribution in [2.75, 3.05) is 13.7 Å². The predicted octanol–water partition coefficient (Wildman–Crippen LogP) is 1.85. The molecule has 1 aliphatic heterocycles. The lowest BCUT2D eigenvalue weighted by molar-refractivity contribution is -0.143. The van der Waals surface area contributed by atoms with Gasteiger partial charge in [0, 0.05) is 12.1 Å². The topological polar surface area (TPSA) is 58.6 Å². The molecule has 2 rings (SSSR count). The molecule has 0 radical (unpaired) electrons. The molecule has 2 fully saturated rings. The summed E-state index contributed by atoms with van der Waals surface area (Å²) in [5.41, 5.74) is 0. The van der Waals surface area contributed by atoms with Gasteiger partial charge in [-0.1, -0.05) is 19.3 Å². The van der Waals surface area contributed by atoms with Crippen LogP contribution in [0.2, 0.25) is 0 Å². The summed E-state index contributed by atoms with van der Waals surface area (Å²) in [6.45, 7) is 2.85. The summed E-state index contributed by atoms with van der Waals surface area (Å²) in [5, 5.41) is 3.17. The lowest BCUT2D eigenvalue weighted by Gasteiger charge is -2.39. The summed E-state index contributed by atoms with van der Waals surface area (Å²) in [6.07, 6.45) is 8.21. The second-order valence-electron chi connectivity index (χ2n) is 6.33. The Kier molecular flexibility index (Phi) is 6.03. The predicted molar refractivity (Wildman–Crippen MR) is 80.8 cm³/mol. The van der Waals surface area contributed by atoms with E-state index in [9.17, 15) is 9.59 Å². The molecule has 2 aliphatic rings. The summed E-state index contributed by atoms with van der Waals surface area (Å²) >= 11 is 0. The summed E-state index contributed by atoms with van der Waals surface area (Å²) in [4.78, 5) is 26.2. The molecule has 0 aromatic rings. The first-order chi connectivity index (χ1) is 10.1. The van der Waals surface area contributed by atoms with E-state index < -0.39 is 0 Å². The van der Waals surface area contributed by atoms with Gasteiger partial charge >= 0.3 is 5.97 Å². The maximum Gasteiger partial charge on any atom is 0.307 e. The number of carbonyl (C=O) groups is 2. The van der Waals surface area contributed by atoms with E-state index in [-0.39, 0.29) is 24.0 Å². The van der Waals surface area contributed by atoms with Crippen LogP contribution in [0.1, 0.15) is 58.3 Å². The third-order valence-electron chi connectivity index (χ3n) is 4.88. The van der Waals surface area contributed by atoms with Gasteiger partial charge in [-0.3, -0.25) is 14.5 Å². The smallest absolute Gasteiger partial charge is 0.307 e. The van der Waals surface area contributed by atoms with Gasteiger partial charge < -0.3 is 10.1 Å². The highest BCUT2D eigenvalue weighted by Gasteiger charge is 2.32. The molecular weight excluding hydrogens is 268 g/mol. The number of amides is 1. The molecule has 2 atom stereocenters. The molecule has 1 amide bonds. The number of hydrogen-bond acceptors (Lipinski definition) is 4. The molecular formula is C16H28N2O3. The van der Waals surface area contributed by atoms with Gasteiger partial charge in [-0.15, -0.1) is 0 Å². The Bertz CT molecular complexity index is 367. The fraction of sp³-hybridized carbons (Fsp3) is 0.875. The molecule has 1 aliphatic carbocycles. The van der Waals surface area contributed by atoms with Gasteiger partial charge in [0.1, 0.15) is 0 Å². The van der Waals surface area contributed by atoms with Crippen molar-refractivity contribution in [1.82, 2.24) is 10.2 Å². The van der Waals surface area contributed by atoms with Crippen molar-refractivity contribution in [2.24, 2.45) is 0 Å². The summed E-state index contributed by atoms with van der Waals surface area (Å²) in [7, 11) is 1.42. The van der Waals surface area contributed by atoms with Crippen LogP contribution in [0.15, 0.2) is 0 Å². The van der Waals surface area contributed by atoms with Gasteiger partial charge in [-0.05, 0) is 39.2 Å². The average Bonchev–Trinajstić information content (AvgIpc) is 2.99. The highest BCUT2D eigenvalue weighted by molar-refractivity contribution is 5.81. The standard InChI is InChI=1S/C16H28N2O3/c1-12(16(20)17-13-7-3-4-8-13)18-10-6-5-9-14(18)11-15(19)21-2/h12-14H,3-11H2,1-2H3,(H,17,20). The third kappa shape index (κ3) is 4.43. The van der Waals surface area contributed by atoms with Crippen molar-refractivity contribution in [3.63, 3.8) is 0 Å². The van der Waals surface area contributed by atoms with Crippen LogP contribution in [-0.4, -0.2) is 48.6 Å². The van der Waals surface area contributed by atoms with Crippen LogP contribution < -0.4 is 5.32 Å². The van der Waals surface area contributed by atoms with Crippen molar-refractivity contribution in [3.8, 4) is 0 Å². The summed E-state index contributed by atoms with van der Waals surface area (Å²) in [6, 6.07) is 0.319. The van der Waals surface area contributed by atoms with Crippen LogP contribution in [0.4, 0.5) is 0 Å². The van der Waals surface area contributed by atoms with E-state index in [1.54, 1.807) is 0 Å². The number of methoxy groups -OCH3 is 1. The maximum atomic E-state index is 12.4. The highest BCUT2D eigenvalue weighted by Crippen LogP contribution is 2.23. The van der Waals surface area contributed by atoms with Gasteiger partial charge in [-0.2, -0.15) is 0 Å². The molecule has 5 nitrogen and oxygen atoms in total. The number of ether oxygens (including phenoxy) is 1. The number of likely N-dealkylation sites (tertiary alicyclic amines) is 1. The van der Waals surface area contributed by atoms with Crippen LogP contribution in [0, 0.1) is 0 Å². The molecule has 1 saturated heterocycles. The molecule has 1 heterocycles. The number of esters is 1. The second kappa shape index (κ2) is 7.78. The minimum atomic E-state index is -0.185. The Labute approximate surface area is 127 Å². The van der Waals surface area contributed by atoms with Crippen molar-refractivity contribution >= 4 is 11.9 Å². The van der Waals surface area contributed by atoms with E-state index in [4.69, 9.17) is 4.74 Å². The van der Waals surface area contributed by atoms with Crippen molar-refractivity contribution in [2.45, 2.75) is 76.4 Å². The normalized spacial score (nSPS) is 25.5. The van der Waals surface area contributed by atoms with Crippen molar-refractivity contribution < 1.29 is 14.3 Å². The average molecular weight is 296 g/mol. The van der Waals surface area contributed by atoms with E-state index in [1.165, 1.54) is 20.0 Å². The SMILES string of the molecule is COC(=O)CC1CCCCN1C(C)C(=O)NC1CCCC1. The zero-order valence-electron chi connectivity index (χ0n) is 13.3. The monoisotopic (exact) mass is 296 g/mol. The molecule has 2 unspecified atom stereocenters. The quantitative estimate of drug-likeness (QED) is 0.787. The number of piperidine rings is 1. The number of hydrogen-bond donors (Lipinski definition) is 1. The second-order valence-corrected chi connectivity index (χ2v) is 6.33. The van der Waals surface area contributed by atoms with Gasteiger partial charge in [0.15, 0.2) is 0 Å². The Morgan fingerprint density at radius 2 is 1.86 bits per heavy atom. The van der Waals surface area contributed by atoms with Gasteiger partial charge in [0.2, 0.25) is 5.91 Å². The first kappa shape index (κ1) is 16.3. The Morgan fingerprint density at radius 1 is 1.19 bits per heavy atom. The Hall–Kier alpha value is -1.10. The molecule has 1 N–H and O–H groups in total. The molecule has 5 heteroatoms. The highest BCUT2D eigenvalue weighted by atomic mass is 16.5. The zero-order chi connectivity index (χ0) is 15.2. The number of nitrogens with one attached hydrogen (secondary N) is 1. The van der Waals surface area contributed by atoms with Crippen molar-refractivity contribution in [1.29, 1.82) is 0 Å². The Morgan fingerprint density at radius 3 is 2.52 bits per heavy atom. The molecule has 0 aromatic heterocycles. The lowest BCUT2D eigenvalue weighted by atomic mass is 9.97. The van der Waals surface area contributed by atoms with Crippen LogP contribution >= 0.6 is 0 Å². The fourth-order valence-electron chi connectivity index (χ4n) is 3.57. The van der Waals surface area contributed by atoms with Gasteiger partial charge in [0.25, 0.3) is 0 Å². The first-order valence-corrected chi connectivity index (χ1v) is 8.24.